The van der Waals surface area contributed by atoms with Crippen molar-refractivity contribution in [3.05, 3.63) is 63.4 Å². The van der Waals surface area contributed by atoms with Crippen LogP contribution in [0.2, 0.25) is 5.02 Å². The zero-order chi connectivity index (χ0) is 16.1. The number of carbonyl (C=O) groups is 1. The van der Waals surface area contributed by atoms with E-state index >= 15 is 0 Å². The van der Waals surface area contributed by atoms with Crippen molar-refractivity contribution in [3.8, 4) is 5.75 Å². The normalized spacial score (nSPS) is 10.1. The van der Waals surface area contributed by atoms with Crippen LogP contribution in [0, 0.1) is 15.9 Å². The highest BCUT2D eigenvalue weighted by atomic mass is 35.5. The fourth-order valence-electron chi connectivity index (χ4n) is 1.58. The summed E-state index contributed by atoms with van der Waals surface area (Å²) in [4.78, 5) is 21.6. The highest BCUT2D eigenvalue weighted by molar-refractivity contribution is 6.30. The molecule has 8 heteroatoms. The smallest absolute Gasteiger partial charge is 0.269 e. The number of halogens is 2. The van der Waals surface area contributed by atoms with Crippen LogP contribution in [0.25, 0.3) is 0 Å². The van der Waals surface area contributed by atoms with E-state index in [0.717, 1.165) is 6.07 Å². The fourth-order valence-corrected chi connectivity index (χ4v) is 1.70. The molecule has 0 bridgehead atoms. The monoisotopic (exact) mass is 324 g/mol. The number of rotatable bonds is 5. The highest BCUT2D eigenvalue weighted by Gasteiger charge is 2.08. The second kappa shape index (κ2) is 6.86. The lowest BCUT2D eigenvalue weighted by molar-refractivity contribution is -0.384. The maximum absolute atomic E-state index is 13.2. The zero-order valence-corrected chi connectivity index (χ0v) is 11.8. The molecule has 0 aliphatic rings. The van der Waals surface area contributed by atoms with Crippen LogP contribution < -0.4 is 10.1 Å². The quantitative estimate of drug-likeness (QED) is 0.675. The van der Waals surface area contributed by atoms with Gasteiger partial charge in [-0.3, -0.25) is 14.9 Å². The fraction of sp³-hybridized carbons (Fsp3) is 0.0714. The van der Waals surface area contributed by atoms with E-state index < -0.39 is 16.6 Å². The maximum Gasteiger partial charge on any atom is 0.269 e. The minimum absolute atomic E-state index is 0.0415. The van der Waals surface area contributed by atoms with E-state index in [1.165, 1.54) is 36.4 Å². The van der Waals surface area contributed by atoms with Gasteiger partial charge in [0, 0.05) is 17.8 Å². The Bertz CT molecular complexity index is 706. The van der Waals surface area contributed by atoms with Gasteiger partial charge in [-0.25, -0.2) is 4.39 Å². The van der Waals surface area contributed by atoms with Gasteiger partial charge < -0.3 is 10.1 Å². The Balaban J connectivity index is 1.89. The zero-order valence-electron chi connectivity index (χ0n) is 11.1. The molecule has 0 saturated heterocycles. The molecule has 0 aliphatic carbocycles. The first-order valence-electron chi connectivity index (χ1n) is 6.08. The first kappa shape index (κ1) is 15.7. The Morgan fingerprint density at radius 2 is 1.95 bits per heavy atom. The van der Waals surface area contributed by atoms with Crippen LogP contribution in [0.5, 0.6) is 5.75 Å². The summed E-state index contributed by atoms with van der Waals surface area (Å²) in [6.45, 7) is -0.317. The average Bonchev–Trinajstić information content (AvgIpc) is 2.49. The van der Waals surface area contributed by atoms with Crippen LogP contribution >= 0.6 is 11.6 Å². The standard InChI is InChI=1S/C14H10ClFN2O4/c15-12-6-1-9(7-13(12)16)17-14(19)8-22-11-4-2-10(3-5-11)18(20)21/h1-7H,8H2,(H,17,19). The molecule has 1 N–H and O–H groups in total. The first-order chi connectivity index (χ1) is 10.5. The molecule has 0 saturated carbocycles. The molecule has 0 spiro atoms. The number of ether oxygens (including phenoxy) is 1. The number of nitrogens with zero attached hydrogens (tertiary/aromatic N) is 1. The van der Waals surface area contributed by atoms with Crippen LogP contribution in [-0.4, -0.2) is 17.4 Å². The van der Waals surface area contributed by atoms with Gasteiger partial charge in [0.1, 0.15) is 11.6 Å². The third-order valence-corrected chi connectivity index (χ3v) is 2.93. The van der Waals surface area contributed by atoms with Crippen molar-refractivity contribution in [2.45, 2.75) is 0 Å². The summed E-state index contributed by atoms with van der Waals surface area (Å²) >= 11 is 5.53. The van der Waals surface area contributed by atoms with Gasteiger partial charge in [-0.15, -0.1) is 0 Å². The summed E-state index contributed by atoms with van der Waals surface area (Å²) in [7, 11) is 0. The first-order valence-corrected chi connectivity index (χ1v) is 6.45. The summed E-state index contributed by atoms with van der Waals surface area (Å²) < 4.78 is 18.4. The third-order valence-electron chi connectivity index (χ3n) is 2.62. The van der Waals surface area contributed by atoms with Gasteiger partial charge in [-0.2, -0.15) is 0 Å². The van der Waals surface area contributed by atoms with Crippen LogP contribution in [0.3, 0.4) is 0 Å². The third kappa shape index (κ3) is 4.16. The van der Waals surface area contributed by atoms with E-state index in [1.807, 2.05) is 0 Å². The summed E-state index contributed by atoms with van der Waals surface area (Å²) in [5, 5.41) is 12.9. The van der Waals surface area contributed by atoms with Gasteiger partial charge >= 0.3 is 0 Å². The Kier molecular flexibility index (Phi) is 4.90. The second-order valence-corrected chi connectivity index (χ2v) is 4.62. The number of amides is 1. The summed E-state index contributed by atoms with van der Waals surface area (Å²) in [6.07, 6.45) is 0. The number of carbonyl (C=O) groups excluding carboxylic acids is 1. The molecule has 1 amide bonds. The van der Waals surface area contributed by atoms with Crippen molar-refractivity contribution in [3.63, 3.8) is 0 Å². The lowest BCUT2D eigenvalue weighted by Gasteiger charge is -2.07. The molecule has 2 aromatic carbocycles. The topological polar surface area (TPSA) is 81.5 Å². The summed E-state index contributed by atoms with van der Waals surface area (Å²) in [5.74, 6) is -0.834. The minimum Gasteiger partial charge on any atom is -0.484 e. The summed E-state index contributed by atoms with van der Waals surface area (Å²) in [5.41, 5.74) is 0.174. The van der Waals surface area contributed by atoms with Gasteiger partial charge in [0.25, 0.3) is 11.6 Å². The Morgan fingerprint density at radius 3 is 2.55 bits per heavy atom. The van der Waals surface area contributed by atoms with E-state index in [1.54, 1.807) is 0 Å². The SMILES string of the molecule is O=C(COc1ccc([N+](=O)[O-])cc1)Nc1ccc(Cl)c(F)c1. The molecular weight excluding hydrogens is 315 g/mol. The largest absolute Gasteiger partial charge is 0.484 e. The van der Waals surface area contributed by atoms with Gasteiger partial charge in [0.05, 0.1) is 9.95 Å². The van der Waals surface area contributed by atoms with Crippen LogP contribution in [0.1, 0.15) is 0 Å². The molecule has 22 heavy (non-hydrogen) atoms. The van der Waals surface area contributed by atoms with Gasteiger partial charge in [0.15, 0.2) is 6.61 Å². The van der Waals surface area contributed by atoms with E-state index in [2.05, 4.69) is 5.32 Å². The highest BCUT2D eigenvalue weighted by Crippen LogP contribution is 2.19. The Labute approximate surface area is 129 Å². The number of hydrogen-bond acceptors (Lipinski definition) is 4. The predicted octanol–water partition coefficient (Wildman–Crippen LogP) is 3.40. The molecule has 6 nitrogen and oxygen atoms in total. The number of nitrogens with one attached hydrogen (secondary N) is 1. The van der Waals surface area contributed by atoms with Crippen LogP contribution in [0.4, 0.5) is 15.8 Å². The second-order valence-electron chi connectivity index (χ2n) is 4.22. The molecule has 0 unspecified atom stereocenters. The van der Waals surface area contributed by atoms with E-state index in [9.17, 15) is 19.3 Å². The van der Waals surface area contributed by atoms with Crippen molar-refractivity contribution >= 4 is 28.9 Å². The van der Waals surface area contributed by atoms with Crippen LogP contribution in [-0.2, 0) is 4.79 Å². The predicted molar refractivity (Wildman–Crippen MR) is 78.6 cm³/mol. The molecule has 0 atom stereocenters. The van der Waals surface area contributed by atoms with Crippen molar-refractivity contribution in [1.29, 1.82) is 0 Å². The Morgan fingerprint density at radius 1 is 1.27 bits per heavy atom. The van der Waals surface area contributed by atoms with Crippen molar-refractivity contribution in [2.75, 3.05) is 11.9 Å². The Hall–Kier alpha value is -2.67. The lowest BCUT2D eigenvalue weighted by atomic mass is 10.3. The molecule has 0 heterocycles. The summed E-state index contributed by atoms with van der Waals surface area (Å²) in [6, 6.07) is 9.16. The number of hydrogen-bond donors (Lipinski definition) is 1. The van der Waals surface area contributed by atoms with Crippen molar-refractivity contribution in [2.24, 2.45) is 0 Å². The van der Waals surface area contributed by atoms with E-state index in [0.29, 0.717) is 5.75 Å². The number of anilines is 1. The van der Waals surface area contributed by atoms with Crippen molar-refractivity contribution < 1.29 is 18.8 Å². The number of non-ortho nitro benzene ring substituents is 1. The molecule has 2 rings (SSSR count). The number of nitro groups is 1. The molecule has 0 fully saturated rings. The maximum atomic E-state index is 13.2. The molecule has 114 valence electrons. The van der Waals surface area contributed by atoms with E-state index in [4.69, 9.17) is 16.3 Å². The van der Waals surface area contributed by atoms with Gasteiger partial charge in [-0.1, -0.05) is 11.6 Å². The minimum atomic E-state index is -0.643. The van der Waals surface area contributed by atoms with Crippen LogP contribution in [0.15, 0.2) is 42.5 Å². The number of nitro benzene ring substituents is 1. The van der Waals surface area contributed by atoms with Crippen molar-refractivity contribution in [1.82, 2.24) is 0 Å². The molecule has 0 aromatic heterocycles. The molecule has 0 radical (unpaired) electrons. The van der Waals surface area contributed by atoms with E-state index in [-0.39, 0.29) is 23.0 Å². The molecule has 2 aromatic rings. The molecular formula is C14H10ClFN2O4. The van der Waals surface area contributed by atoms with Gasteiger partial charge in [0.2, 0.25) is 0 Å². The molecule has 0 aliphatic heterocycles. The van der Waals surface area contributed by atoms with Gasteiger partial charge in [-0.05, 0) is 30.3 Å². The lowest BCUT2D eigenvalue weighted by Crippen LogP contribution is -2.20. The average molecular weight is 325 g/mol. The number of benzene rings is 2.